The van der Waals surface area contributed by atoms with Gasteiger partial charge in [-0.05, 0) is 20.8 Å². The van der Waals surface area contributed by atoms with Gasteiger partial charge < -0.3 is 5.11 Å². The van der Waals surface area contributed by atoms with Gasteiger partial charge in [0.1, 0.15) is 0 Å². The molecule has 0 radical (unpaired) electrons. The molecule has 0 spiro atoms. The second kappa shape index (κ2) is 3.56. The Labute approximate surface area is 91.6 Å². The van der Waals surface area contributed by atoms with E-state index in [1.54, 1.807) is 13.1 Å². The minimum Gasteiger partial charge on any atom is -0.365 e. The fourth-order valence-corrected chi connectivity index (χ4v) is 1.12. The van der Waals surface area contributed by atoms with E-state index in [1.165, 1.54) is 6.21 Å². The van der Waals surface area contributed by atoms with Gasteiger partial charge >= 0.3 is 0 Å². The largest absolute Gasteiger partial charge is 0.365 e. The molecule has 84 valence electrons. The van der Waals surface area contributed by atoms with Crippen LogP contribution in [0.4, 0.5) is 0 Å². The molecule has 1 aliphatic heterocycles. The number of rotatable bonds is 0. The third-order valence-electron chi connectivity index (χ3n) is 2.22. The van der Waals surface area contributed by atoms with Crippen molar-refractivity contribution in [2.24, 2.45) is 15.4 Å². The molecule has 0 aromatic heterocycles. The lowest BCUT2D eigenvalue weighted by Crippen LogP contribution is -2.26. The predicted molar refractivity (Wildman–Crippen MR) is 64.6 cm³/mol. The van der Waals surface area contributed by atoms with Crippen LogP contribution < -0.4 is 0 Å². The van der Waals surface area contributed by atoms with Crippen LogP contribution in [0.1, 0.15) is 34.6 Å². The highest BCUT2D eigenvalue weighted by Crippen LogP contribution is 2.22. The van der Waals surface area contributed by atoms with Crippen LogP contribution in [0.25, 0.3) is 0 Å². The van der Waals surface area contributed by atoms with E-state index in [9.17, 15) is 5.11 Å². The first-order valence-corrected chi connectivity index (χ1v) is 5.18. The van der Waals surface area contributed by atoms with E-state index in [-0.39, 0.29) is 11.0 Å². The highest BCUT2D eigenvalue weighted by Gasteiger charge is 2.22. The molecule has 1 rings (SSSR count). The Kier molecular flexibility index (Phi) is 2.88. The van der Waals surface area contributed by atoms with Crippen molar-refractivity contribution in [2.45, 2.75) is 45.9 Å². The van der Waals surface area contributed by atoms with Gasteiger partial charge in [-0.25, -0.2) is 0 Å². The average Bonchev–Trinajstić information content (AvgIpc) is 2.12. The fraction of sp³-hybridized carbons (Fsp3) is 0.667. The molecular weight excluding hydrogens is 188 g/mol. The zero-order chi connectivity index (χ0) is 11.7. The van der Waals surface area contributed by atoms with Crippen LogP contribution in [0.15, 0.2) is 22.1 Å². The Morgan fingerprint density at radius 1 is 0.867 bits per heavy atom. The van der Waals surface area contributed by atoms with Crippen LogP contribution >= 0.6 is 0 Å². The quantitative estimate of drug-likeness (QED) is 0.609. The SMILES string of the molecule is CC1(C)/C=C\C(C)(C)/N=C\C(C)(O)/N=C\1. The summed E-state index contributed by atoms with van der Waals surface area (Å²) in [7, 11) is 0. The maximum Gasteiger partial charge on any atom is 0.188 e. The van der Waals surface area contributed by atoms with E-state index >= 15 is 0 Å². The topological polar surface area (TPSA) is 45.0 Å². The van der Waals surface area contributed by atoms with Gasteiger partial charge in [0.15, 0.2) is 5.72 Å². The van der Waals surface area contributed by atoms with Gasteiger partial charge in [0, 0.05) is 11.6 Å². The molecule has 0 bridgehead atoms. The Morgan fingerprint density at radius 3 is 2.07 bits per heavy atom. The lowest BCUT2D eigenvalue weighted by atomic mass is 9.92. The van der Waals surface area contributed by atoms with Crippen LogP contribution in [-0.4, -0.2) is 28.8 Å². The number of hydrogen-bond acceptors (Lipinski definition) is 3. The number of aliphatic hydroxyl groups is 1. The van der Waals surface area contributed by atoms with Crippen molar-refractivity contribution in [1.29, 1.82) is 0 Å². The van der Waals surface area contributed by atoms with E-state index in [2.05, 4.69) is 16.1 Å². The molecule has 1 N–H and O–H groups in total. The first-order valence-electron chi connectivity index (χ1n) is 5.18. The predicted octanol–water partition coefficient (Wildman–Crippen LogP) is 2.21. The van der Waals surface area contributed by atoms with Gasteiger partial charge in [0.2, 0.25) is 0 Å². The minimum atomic E-state index is -1.21. The van der Waals surface area contributed by atoms with E-state index < -0.39 is 5.72 Å². The first-order chi connectivity index (χ1) is 6.62. The van der Waals surface area contributed by atoms with Crippen LogP contribution in [0.5, 0.6) is 0 Å². The molecule has 3 nitrogen and oxygen atoms in total. The van der Waals surface area contributed by atoms with E-state index in [4.69, 9.17) is 0 Å². The van der Waals surface area contributed by atoms with E-state index in [1.807, 2.05) is 33.8 Å². The van der Waals surface area contributed by atoms with E-state index in [0.717, 1.165) is 0 Å². The highest BCUT2D eigenvalue weighted by atomic mass is 16.3. The summed E-state index contributed by atoms with van der Waals surface area (Å²) < 4.78 is 0. The van der Waals surface area contributed by atoms with Gasteiger partial charge in [-0.3, -0.25) is 9.98 Å². The Bertz CT molecular complexity index is 246. The summed E-state index contributed by atoms with van der Waals surface area (Å²) in [5.41, 5.74) is -1.66. The zero-order valence-electron chi connectivity index (χ0n) is 10.2. The lowest BCUT2D eigenvalue weighted by Gasteiger charge is -2.17. The summed E-state index contributed by atoms with van der Waals surface area (Å²) in [5, 5.41) is 9.89. The monoisotopic (exact) mass is 208 g/mol. The molecule has 0 aliphatic carbocycles. The maximum atomic E-state index is 9.89. The minimum absolute atomic E-state index is 0.158. The zero-order valence-corrected chi connectivity index (χ0v) is 10.2. The summed E-state index contributed by atoms with van der Waals surface area (Å²) >= 11 is 0. The molecule has 0 saturated carbocycles. The molecular formula is C12H20N2O. The Morgan fingerprint density at radius 2 is 1.47 bits per heavy atom. The molecule has 0 aromatic carbocycles. The number of nitrogens with zero attached hydrogens (tertiary/aromatic N) is 2. The molecule has 0 saturated heterocycles. The first kappa shape index (κ1) is 12.1. The van der Waals surface area contributed by atoms with Crippen molar-refractivity contribution in [3.05, 3.63) is 12.2 Å². The molecule has 0 amide bonds. The molecule has 15 heavy (non-hydrogen) atoms. The lowest BCUT2D eigenvalue weighted by molar-refractivity contribution is 0.148. The molecule has 0 fully saturated rings. The van der Waals surface area contributed by atoms with Crippen LogP contribution in [0.2, 0.25) is 0 Å². The molecule has 1 unspecified atom stereocenters. The summed E-state index contributed by atoms with van der Waals surface area (Å²) in [6.07, 6.45) is 7.36. The summed E-state index contributed by atoms with van der Waals surface area (Å²) in [6, 6.07) is 0. The smallest absolute Gasteiger partial charge is 0.188 e. The average molecular weight is 208 g/mol. The number of hydrogen-bond donors (Lipinski definition) is 1. The third kappa shape index (κ3) is 3.96. The van der Waals surface area contributed by atoms with Crippen LogP contribution in [0, 0.1) is 5.41 Å². The van der Waals surface area contributed by atoms with Gasteiger partial charge in [-0.2, -0.15) is 0 Å². The third-order valence-corrected chi connectivity index (χ3v) is 2.22. The summed E-state index contributed by atoms with van der Waals surface area (Å²) in [5.74, 6) is 0. The Balaban J connectivity index is 3.14. The van der Waals surface area contributed by atoms with E-state index in [0.29, 0.717) is 0 Å². The summed E-state index contributed by atoms with van der Waals surface area (Å²) in [4.78, 5) is 8.44. The van der Waals surface area contributed by atoms with Crippen LogP contribution in [-0.2, 0) is 0 Å². The van der Waals surface area contributed by atoms with Gasteiger partial charge in [-0.15, -0.1) is 0 Å². The number of allylic oxidation sites excluding steroid dienone is 1. The second-order valence-electron chi connectivity index (χ2n) is 5.42. The number of aliphatic imine (C=N–C) groups is 2. The van der Waals surface area contributed by atoms with Gasteiger partial charge in [-0.1, -0.05) is 26.0 Å². The molecule has 1 atom stereocenters. The maximum absolute atomic E-state index is 9.89. The molecule has 3 heteroatoms. The van der Waals surface area contributed by atoms with Crippen molar-refractivity contribution in [3.63, 3.8) is 0 Å². The van der Waals surface area contributed by atoms with Gasteiger partial charge in [0.05, 0.1) is 11.8 Å². The molecule has 1 aliphatic rings. The summed E-state index contributed by atoms with van der Waals surface area (Å²) in [6.45, 7) is 9.72. The van der Waals surface area contributed by atoms with Crippen molar-refractivity contribution in [1.82, 2.24) is 0 Å². The van der Waals surface area contributed by atoms with Crippen molar-refractivity contribution in [3.8, 4) is 0 Å². The normalized spacial score (nSPS) is 39.6. The van der Waals surface area contributed by atoms with Crippen LogP contribution in [0.3, 0.4) is 0 Å². The molecule has 1 heterocycles. The van der Waals surface area contributed by atoms with Crippen molar-refractivity contribution in [2.75, 3.05) is 0 Å². The van der Waals surface area contributed by atoms with Crippen molar-refractivity contribution < 1.29 is 5.11 Å². The second-order valence-corrected chi connectivity index (χ2v) is 5.42. The highest BCUT2D eigenvalue weighted by molar-refractivity contribution is 5.75. The van der Waals surface area contributed by atoms with Gasteiger partial charge in [0.25, 0.3) is 0 Å². The molecule has 0 aromatic rings. The van der Waals surface area contributed by atoms with Crippen molar-refractivity contribution >= 4 is 12.4 Å². The Hall–Kier alpha value is -0.960. The fourth-order valence-electron chi connectivity index (χ4n) is 1.12. The standard InChI is InChI=1S/C12H20N2O/c1-10(2)6-7-11(3,4)13-9-12(5,15)14-8-10/h6-9,15H,1-5H3/b7-6-,13-9-,14-8-.